The van der Waals surface area contributed by atoms with Crippen LogP contribution in [0.1, 0.15) is 24.2 Å². The largest absolute Gasteiger partial charge is 0.513 e. The van der Waals surface area contributed by atoms with E-state index in [9.17, 15) is 14.4 Å². The van der Waals surface area contributed by atoms with Crippen molar-refractivity contribution >= 4 is 29.2 Å². The third-order valence-electron chi connectivity index (χ3n) is 2.09. The number of ether oxygens (including phenoxy) is 4. The van der Waals surface area contributed by atoms with Crippen LogP contribution in [0.4, 0.5) is 9.59 Å². The van der Waals surface area contributed by atoms with Crippen molar-refractivity contribution in [3.05, 3.63) is 23.8 Å². The first-order valence-corrected chi connectivity index (χ1v) is 6.39. The molecule has 1 aromatic carbocycles. The van der Waals surface area contributed by atoms with Crippen LogP contribution in [-0.4, -0.2) is 30.8 Å². The van der Waals surface area contributed by atoms with Gasteiger partial charge in [-0.25, -0.2) is 9.59 Å². The molecule has 0 saturated carbocycles. The number of carbonyl (C=O) groups is 3. The van der Waals surface area contributed by atoms with Gasteiger partial charge in [-0.05, 0) is 37.6 Å². The Labute approximate surface area is 125 Å². The molecule has 0 heterocycles. The Morgan fingerprint density at radius 2 is 1.57 bits per heavy atom. The maximum Gasteiger partial charge on any atom is 0.513 e. The summed E-state index contributed by atoms with van der Waals surface area (Å²) < 4.78 is 18.9. The van der Waals surface area contributed by atoms with E-state index in [1.54, 1.807) is 13.8 Å². The lowest BCUT2D eigenvalue weighted by molar-refractivity contribution is 0.0928. The van der Waals surface area contributed by atoms with Crippen LogP contribution >= 0.6 is 11.6 Å². The minimum absolute atomic E-state index is 0.0733. The first-order valence-electron chi connectivity index (χ1n) is 6.01. The van der Waals surface area contributed by atoms with Gasteiger partial charge in [0.1, 0.15) is 0 Å². The van der Waals surface area contributed by atoms with Crippen molar-refractivity contribution in [2.75, 3.05) is 13.2 Å². The van der Waals surface area contributed by atoms with E-state index in [-0.39, 0.29) is 30.3 Å². The molecule has 1 rings (SSSR count). The highest BCUT2D eigenvalue weighted by molar-refractivity contribution is 6.68. The molecular weight excluding hydrogens is 304 g/mol. The Morgan fingerprint density at radius 3 is 2.10 bits per heavy atom. The Hall–Kier alpha value is -2.28. The fraction of sp³-hybridized carbons (Fsp3) is 0.308. The number of hydrogen-bond donors (Lipinski definition) is 0. The van der Waals surface area contributed by atoms with Gasteiger partial charge in [-0.1, -0.05) is 6.07 Å². The molecule has 1 aromatic rings. The highest BCUT2D eigenvalue weighted by Gasteiger charge is 2.21. The second-order valence-electron chi connectivity index (χ2n) is 3.48. The van der Waals surface area contributed by atoms with Crippen LogP contribution in [0.25, 0.3) is 0 Å². The third kappa shape index (κ3) is 4.96. The van der Waals surface area contributed by atoms with Crippen molar-refractivity contribution in [3.63, 3.8) is 0 Å². The quantitative estimate of drug-likeness (QED) is 0.468. The van der Waals surface area contributed by atoms with E-state index in [0.717, 1.165) is 0 Å². The summed E-state index contributed by atoms with van der Waals surface area (Å²) in [4.78, 5) is 34.0. The van der Waals surface area contributed by atoms with Crippen LogP contribution in [0, 0.1) is 0 Å². The molecule has 7 nitrogen and oxygen atoms in total. The van der Waals surface area contributed by atoms with E-state index in [1.807, 2.05) is 0 Å². The van der Waals surface area contributed by atoms with Gasteiger partial charge in [0, 0.05) is 0 Å². The summed E-state index contributed by atoms with van der Waals surface area (Å²) in [5.41, 5.74) is -0.147. The molecule has 0 saturated heterocycles. The molecule has 0 spiro atoms. The second-order valence-corrected chi connectivity index (χ2v) is 3.82. The molecule has 0 unspecified atom stereocenters. The van der Waals surface area contributed by atoms with Gasteiger partial charge in [-0.15, -0.1) is 0 Å². The molecule has 0 bridgehead atoms. The molecule has 0 amide bonds. The van der Waals surface area contributed by atoms with Crippen molar-refractivity contribution in [2.45, 2.75) is 13.8 Å². The predicted octanol–water partition coefficient (Wildman–Crippen LogP) is 3.14. The summed E-state index contributed by atoms with van der Waals surface area (Å²) in [5.74, 6) is -0.503. The summed E-state index contributed by atoms with van der Waals surface area (Å²) >= 11 is 5.40. The number of rotatable bonds is 5. The molecule has 0 atom stereocenters. The zero-order valence-electron chi connectivity index (χ0n) is 11.4. The maximum atomic E-state index is 11.4. The molecule has 0 aliphatic rings. The summed E-state index contributed by atoms with van der Waals surface area (Å²) in [5, 5.41) is -0.886. The first-order chi connectivity index (χ1) is 9.99. The summed E-state index contributed by atoms with van der Waals surface area (Å²) in [7, 11) is 0. The zero-order chi connectivity index (χ0) is 15.8. The normalized spacial score (nSPS) is 9.67. The number of benzene rings is 1. The molecule has 21 heavy (non-hydrogen) atoms. The summed E-state index contributed by atoms with van der Waals surface area (Å²) in [6.45, 7) is 3.34. The molecule has 0 N–H and O–H groups in total. The average molecular weight is 317 g/mol. The fourth-order valence-electron chi connectivity index (χ4n) is 1.32. The van der Waals surface area contributed by atoms with Crippen LogP contribution in [0.3, 0.4) is 0 Å². The van der Waals surface area contributed by atoms with Gasteiger partial charge in [-0.2, -0.15) is 0 Å². The van der Waals surface area contributed by atoms with E-state index >= 15 is 0 Å². The highest BCUT2D eigenvalue weighted by atomic mass is 35.5. The smallest absolute Gasteiger partial charge is 0.434 e. The van der Waals surface area contributed by atoms with Crippen LogP contribution in [0.2, 0.25) is 0 Å². The molecule has 0 aliphatic heterocycles. The summed E-state index contributed by atoms with van der Waals surface area (Å²) in [6, 6.07) is 4.03. The lowest BCUT2D eigenvalue weighted by Gasteiger charge is -2.12. The summed E-state index contributed by atoms with van der Waals surface area (Å²) in [6.07, 6.45) is -2.07. The van der Waals surface area contributed by atoms with Gasteiger partial charge in [-0.3, -0.25) is 4.79 Å². The van der Waals surface area contributed by atoms with E-state index < -0.39 is 17.6 Å². The topological polar surface area (TPSA) is 88.1 Å². The van der Waals surface area contributed by atoms with Gasteiger partial charge >= 0.3 is 12.3 Å². The van der Waals surface area contributed by atoms with Crippen molar-refractivity contribution < 1.29 is 33.3 Å². The lowest BCUT2D eigenvalue weighted by atomic mass is 10.2. The first kappa shape index (κ1) is 16.8. The number of halogens is 1. The number of para-hydroxylation sites is 1. The van der Waals surface area contributed by atoms with Crippen LogP contribution < -0.4 is 9.47 Å². The molecule has 114 valence electrons. The molecular formula is C13H13ClO7. The fourth-order valence-corrected chi connectivity index (χ4v) is 1.47. The van der Waals surface area contributed by atoms with E-state index in [4.69, 9.17) is 21.1 Å². The van der Waals surface area contributed by atoms with Gasteiger partial charge < -0.3 is 18.9 Å². The lowest BCUT2D eigenvalue weighted by Crippen LogP contribution is -2.15. The van der Waals surface area contributed by atoms with Gasteiger partial charge in [0.05, 0.1) is 18.8 Å². The second kappa shape index (κ2) is 8.11. The number of carbonyl (C=O) groups excluding carboxylic acids is 3. The Morgan fingerprint density at radius 1 is 1.00 bits per heavy atom. The molecule has 0 aromatic heterocycles. The minimum atomic E-state index is -1.06. The van der Waals surface area contributed by atoms with Crippen molar-refractivity contribution in [1.29, 1.82) is 0 Å². The van der Waals surface area contributed by atoms with Gasteiger partial charge in [0.2, 0.25) is 0 Å². The van der Waals surface area contributed by atoms with Gasteiger partial charge in [0.15, 0.2) is 11.5 Å². The monoisotopic (exact) mass is 316 g/mol. The molecule has 0 aliphatic carbocycles. The SMILES string of the molecule is CCOC(=O)Oc1cccc(C(=O)Cl)c1OC(=O)OCC. The van der Waals surface area contributed by atoms with E-state index in [0.29, 0.717) is 0 Å². The predicted molar refractivity (Wildman–Crippen MR) is 71.9 cm³/mol. The molecule has 0 radical (unpaired) electrons. The maximum absolute atomic E-state index is 11.4. The molecule has 0 fully saturated rings. The van der Waals surface area contributed by atoms with Crippen molar-refractivity contribution in [1.82, 2.24) is 0 Å². The highest BCUT2D eigenvalue weighted by Crippen LogP contribution is 2.33. The Kier molecular flexibility index (Phi) is 6.48. The zero-order valence-corrected chi connectivity index (χ0v) is 12.1. The van der Waals surface area contributed by atoms with Crippen molar-refractivity contribution in [2.24, 2.45) is 0 Å². The standard InChI is InChI=1S/C13H13ClO7/c1-3-18-12(16)20-9-7-5-6-8(11(14)15)10(9)21-13(17)19-4-2/h5-7H,3-4H2,1-2H3. The van der Waals surface area contributed by atoms with Crippen LogP contribution in [0.15, 0.2) is 18.2 Å². The van der Waals surface area contributed by atoms with E-state index in [2.05, 4.69) is 9.47 Å². The average Bonchev–Trinajstić information content (AvgIpc) is 2.40. The van der Waals surface area contributed by atoms with E-state index in [1.165, 1.54) is 18.2 Å². The third-order valence-corrected chi connectivity index (χ3v) is 2.30. The molecule has 8 heteroatoms. The van der Waals surface area contributed by atoms with Gasteiger partial charge in [0.25, 0.3) is 5.24 Å². The van der Waals surface area contributed by atoms with Crippen molar-refractivity contribution in [3.8, 4) is 11.5 Å². The Balaban J connectivity index is 3.11. The number of hydrogen-bond acceptors (Lipinski definition) is 7. The minimum Gasteiger partial charge on any atom is -0.434 e. The van der Waals surface area contributed by atoms with Crippen LogP contribution in [-0.2, 0) is 9.47 Å². The Bertz CT molecular complexity index is 541. The van der Waals surface area contributed by atoms with Crippen LogP contribution in [0.5, 0.6) is 11.5 Å².